The number of nitrogens with zero attached hydrogens (tertiary/aromatic N) is 7. The maximum absolute atomic E-state index is 12.5. The van der Waals surface area contributed by atoms with Gasteiger partial charge in [0.1, 0.15) is 18.0 Å². The molecule has 1 aliphatic heterocycles. The lowest BCUT2D eigenvalue weighted by Crippen LogP contribution is -2.32. The molecule has 3 aromatic heterocycles. The molecule has 9 nitrogen and oxygen atoms in total. The van der Waals surface area contributed by atoms with Crippen molar-refractivity contribution >= 4 is 17.5 Å². The van der Waals surface area contributed by atoms with Gasteiger partial charge in [-0.15, -0.1) is 0 Å². The number of imidazole rings is 1. The smallest absolute Gasteiger partial charge is 0.254 e. The second-order valence-corrected chi connectivity index (χ2v) is 6.62. The number of carbonyl (C=O) groups is 1. The standard InChI is InChI=1S/C17H22N8O/c1-4-24-14(26)8-12(15(24)16-18-5-6-23(16)3)9-19-13-7-11(2)22-17-20-10-21-25(13)17/h5-7,10,12,15,19H,4,8-9H2,1-3H3/t12-,15+/m0/s1. The number of aryl methyl sites for hydroxylation is 2. The van der Waals surface area contributed by atoms with Crippen LogP contribution in [0.5, 0.6) is 0 Å². The number of hydrogen-bond donors (Lipinski definition) is 1. The zero-order chi connectivity index (χ0) is 18.3. The zero-order valence-corrected chi connectivity index (χ0v) is 15.1. The highest BCUT2D eigenvalue weighted by molar-refractivity contribution is 5.79. The molecule has 1 fully saturated rings. The Morgan fingerprint density at radius 2 is 2.19 bits per heavy atom. The molecular weight excluding hydrogens is 332 g/mol. The molecule has 26 heavy (non-hydrogen) atoms. The molecule has 0 aromatic carbocycles. The molecule has 9 heteroatoms. The molecule has 136 valence electrons. The first kappa shape index (κ1) is 16.5. The maximum atomic E-state index is 12.5. The number of amides is 1. The first-order valence-corrected chi connectivity index (χ1v) is 8.76. The molecule has 1 saturated heterocycles. The van der Waals surface area contributed by atoms with Gasteiger partial charge in [-0.25, -0.2) is 9.97 Å². The van der Waals surface area contributed by atoms with E-state index in [1.54, 1.807) is 10.7 Å². The summed E-state index contributed by atoms with van der Waals surface area (Å²) in [6, 6.07) is 1.90. The third-order valence-electron chi connectivity index (χ3n) is 4.93. The summed E-state index contributed by atoms with van der Waals surface area (Å²) < 4.78 is 3.67. The Morgan fingerprint density at radius 1 is 1.35 bits per heavy atom. The fourth-order valence-corrected chi connectivity index (χ4v) is 3.72. The highest BCUT2D eigenvalue weighted by Crippen LogP contribution is 2.37. The molecule has 0 bridgehead atoms. The molecular formula is C17H22N8O. The third kappa shape index (κ3) is 2.69. The van der Waals surface area contributed by atoms with Crippen molar-refractivity contribution in [3.05, 3.63) is 36.3 Å². The van der Waals surface area contributed by atoms with E-state index in [4.69, 9.17) is 0 Å². The molecule has 4 rings (SSSR count). The molecule has 2 atom stereocenters. The van der Waals surface area contributed by atoms with E-state index >= 15 is 0 Å². The predicted octanol–water partition coefficient (Wildman–Crippen LogP) is 1.19. The van der Waals surface area contributed by atoms with Gasteiger partial charge in [-0.1, -0.05) is 0 Å². The molecule has 0 saturated carbocycles. The van der Waals surface area contributed by atoms with Gasteiger partial charge >= 0.3 is 0 Å². The minimum absolute atomic E-state index is 0.0332. The maximum Gasteiger partial charge on any atom is 0.254 e. The van der Waals surface area contributed by atoms with Gasteiger partial charge in [0, 0.05) is 56.6 Å². The Bertz CT molecular complexity index is 945. The highest BCUT2D eigenvalue weighted by atomic mass is 16.2. The van der Waals surface area contributed by atoms with Crippen LogP contribution in [0.15, 0.2) is 24.8 Å². The van der Waals surface area contributed by atoms with E-state index in [0.717, 1.165) is 17.3 Å². The van der Waals surface area contributed by atoms with Gasteiger partial charge in [-0.3, -0.25) is 4.79 Å². The SMILES string of the molecule is CCN1C(=O)C[C@@H](CNc2cc(C)nc3ncnn23)[C@@H]1c1nccn1C. The van der Waals surface area contributed by atoms with Crippen LogP contribution in [0, 0.1) is 12.8 Å². The number of nitrogens with one attached hydrogen (secondary N) is 1. The van der Waals surface area contributed by atoms with E-state index in [1.165, 1.54) is 6.33 Å². The summed E-state index contributed by atoms with van der Waals surface area (Å²) >= 11 is 0. The van der Waals surface area contributed by atoms with Crippen molar-refractivity contribution in [3.63, 3.8) is 0 Å². The summed E-state index contributed by atoms with van der Waals surface area (Å²) in [5, 5.41) is 7.66. The van der Waals surface area contributed by atoms with Crippen molar-refractivity contribution in [2.45, 2.75) is 26.3 Å². The van der Waals surface area contributed by atoms with E-state index in [1.807, 2.05) is 42.6 Å². The van der Waals surface area contributed by atoms with E-state index in [2.05, 4.69) is 25.4 Å². The monoisotopic (exact) mass is 354 g/mol. The number of hydrogen-bond acceptors (Lipinski definition) is 6. The fourth-order valence-electron chi connectivity index (χ4n) is 3.72. The summed E-state index contributed by atoms with van der Waals surface area (Å²) in [7, 11) is 1.97. The first-order valence-electron chi connectivity index (χ1n) is 8.76. The second kappa shape index (κ2) is 6.40. The number of rotatable bonds is 5. The summed E-state index contributed by atoms with van der Waals surface area (Å²) in [5.74, 6) is 2.60. The first-order chi connectivity index (χ1) is 12.6. The number of carbonyl (C=O) groups excluding carboxylic acids is 1. The van der Waals surface area contributed by atoms with E-state index in [9.17, 15) is 4.79 Å². The van der Waals surface area contributed by atoms with E-state index in [0.29, 0.717) is 25.3 Å². The normalized spacial score (nSPS) is 20.3. The second-order valence-electron chi connectivity index (χ2n) is 6.62. The fraction of sp³-hybridized carbons (Fsp3) is 0.471. The van der Waals surface area contributed by atoms with Crippen LogP contribution in [-0.4, -0.2) is 53.0 Å². The molecule has 0 aliphatic carbocycles. The largest absolute Gasteiger partial charge is 0.369 e. The topological polar surface area (TPSA) is 93.2 Å². The number of anilines is 1. The van der Waals surface area contributed by atoms with Crippen molar-refractivity contribution in [3.8, 4) is 0 Å². The van der Waals surface area contributed by atoms with Gasteiger partial charge in [0.25, 0.3) is 5.78 Å². The van der Waals surface area contributed by atoms with Gasteiger partial charge < -0.3 is 14.8 Å². The molecule has 0 spiro atoms. The molecule has 1 N–H and O–H groups in total. The van der Waals surface area contributed by atoms with Crippen molar-refractivity contribution in [1.29, 1.82) is 0 Å². The Kier molecular flexibility index (Phi) is 4.06. The van der Waals surface area contributed by atoms with Crippen LogP contribution in [0.25, 0.3) is 5.78 Å². The minimum atomic E-state index is -0.0332. The van der Waals surface area contributed by atoms with Crippen molar-refractivity contribution in [1.82, 2.24) is 34.0 Å². The van der Waals surface area contributed by atoms with Crippen LogP contribution >= 0.6 is 0 Å². The van der Waals surface area contributed by atoms with Gasteiger partial charge in [-0.2, -0.15) is 14.6 Å². The van der Waals surface area contributed by atoms with Crippen molar-refractivity contribution in [2.75, 3.05) is 18.4 Å². The molecule has 1 aliphatic rings. The van der Waals surface area contributed by atoms with Gasteiger partial charge in [0.2, 0.25) is 5.91 Å². The van der Waals surface area contributed by atoms with E-state index < -0.39 is 0 Å². The molecule has 0 radical (unpaired) electrons. The molecule has 1 amide bonds. The van der Waals surface area contributed by atoms with Crippen LogP contribution in [-0.2, 0) is 11.8 Å². The van der Waals surface area contributed by atoms with Crippen LogP contribution < -0.4 is 5.32 Å². The third-order valence-corrected chi connectivity index (χ3v) is 4.93. The minimum Gasteiger partial charge on any atom is -0.369 e. The highest BCUT2D eigenvalue weighted by Gasteiger charge is 2.41. The lowest BCUT2D eigenvalue weighted by molar-refractivity contribution is -0.128. The summed E-state index contributed by atoms with van der Waals surface area (Å²) in [6.07, 6.45) is 5.69. The lowest BCUT2D eigenvalue weighted by atomic mass is 9.99. The van der Waals surface area contributed by atoms with Crippen molar-refractivity contribution < 1.29 is 4.79 Å². The Labute approximate surface area is 151 Å². The van der Waals surface area contributed by atoms with Crippen LogP contribution in [0.3, 0.4) is 0 Å². The predicted molar refractivity (Wildman–Crippen MR) is 95.5 cm³/mol. The average molecular weight is 354 g/mol. The lowest BCUT2D eigenvalue weighted by Gasteiger charge is -2.27. The van der Waals surface area contributed by atoms with Crippen molar-refractivity contribution in [2.24, 2.45) is 13.0 Å². The molecule has 3 aromatic rings. The number of aromatic nitrogens is 6. The van der Waals surface area contributed by atoms with E-state index in [-0.39, 0.29) is 17.9 Å². The number of likely N-dealkylation sites (tertiary alicyclic amines) is 1. The summed E-state index contributed by atoms with van der Waals surface area (Å²) in [6.45, 7) is 5.25. The van der Waals surface area contributed by atoms with Crippen LogP contribution in [0.1, 0.15) is 30.9 Å². The van der Waals surface area contributed by atoms with Crippen LogP contribution in [0.4, 0.5) is 5.82 Å². The van der Waals surface area contributed by atoms with Gasteiger partial charge in [0.15, 0.2) is 0 Å². The Morgan fingerprint density at radius 3 is 2.92 bits per heavy atom. The zero-order valence-electron chi connectivity index (χ0n) is 15.1. The quantitative estimate of drug-likeness (QED) is 0.740. The molecule has 0 unspecified atom stereocenters. The Hall–Kier alpha value is -2.97. The number of fused-ring (bicyclic) bond motifs is 1. The van der Waals surface area contributed by atoms with Crippen LogP contribution in [0.2, 0.25) is 0 Å². The average Bonchev–Trinajstić information content (AvgIpc) is 3.30. The Balaban J connectivity index is 1.61. The summed E-state index contributed by atoms with van der Waals surface area (Å²) in [5.41, 5.74) is 0.867. The van der Waals surface area contributed by atoms with Gasteiger partial charge in [0.05, 0.1) is 6.04 Å². The van der Waals surface area contributed by atoms with Gasteiger partial charge in [-0.05, 0) is 13.8 Å². The summed E-state index contributed by atoms with van der Waals surface area (Å²) in [4.78, 5) is 27.4. The molecule has 4 heterocycles.